The van der Waals surface area contributed by atoms with Gasteiger partial charge in [-0.1, -0.05) is 24.3 Å². The molecule has 0 saturated carbocycles. The second kappa shape index (κ2) is 6.67. The van der Waals surface area contributed by atoms with Gasteiger partial charge in [0.25, 0.3) is 11.9 Å². The van der Waals surface area contributed by atoms with Gasteiger partial charge in [-0.3, -0.25) is 9.59 Å². The zero-order chi connectivity index (χ0) is 14.5. The van der Waals surface area contributed by atoms with E-state index < -0.39 is 21.2 Å². The van der Waals surface area contributed by atoms with Gasteiger partial charge in [0.15, 0.2) is 0 Å². The van der Waals surface area contributed by atoms with Gasteiger partial charge in [0.2, 0.25) is 0 Å². The molecule has 2 rings (SSSR count). The molecule has 0 unspecified atom stereocenters. The van der Waals surface area contributed by atoms with Gasteiger partial charge in [0.05, 0.1) is 13.2 Å². The van der Waals surface area contributed by atoms with E-state index in [0.29, 0.717) is 5.92 Å². The lowest BCUT2D eigenvalue weighted by atomic mass is 9.98. The zero-order valence-corrected chi connectivity index (χ0v) is 12.5. The fourth-order valence-electron chi connectivity index (χ4n) is 2.00. The SMILES string of the molecule is CC(=O)O[Si](OC(C)=O)c1ccccc1CC1COC1. The van der Waals surface area contributed by atoms with Gasteiger partial charge in [0.1, 0.15) is 0 Å². The smallest absolute Gasteiger partial charge is 0.480 e. The standard InChI is InChI=1S/C14H17O5Si/c1-10(15)18-20(19-11(2)16)14-6-4-3-5-13(14)7-12-8-17-9-12/h3-6,12H,7-9H2,1-2H3. The third kappa shape index (κ3) is 3.91. The molecular formula is C14H17O5Si. The highest BCUT2D eigenvalue weighted by molar-refractivity contribution is 6.64. The molecule has 20 heavy (non-hydrogen) atoms. The highest BCUT2D eigenvalue weighted by Gasteiger charge is 2.30. The van der Waals surface area contributed by atoms with Crippen LogP contribution in [0.5, 0.6) is 0 Å². The number of carbonyl (C=O) groups excluding carboxylic acids is 2. The molecule has 107 valence electrons. The summed E-state index contributed by atoms with van der Waals surface area (Å²) in [7, 11) is -2.12. The summed E-state index contributed by atoms with van der Waals surface area (Å²) in [5.74, 6) is -0.405. The Morgan fingerprint density at radius 3 is 2.30 bits per heavy atom. The highest BCUT2D eigenvalue weighted by atomic mass is 28.3. The van der Waals surface area contributed by atoms with Crippen LogP contribution in [0.2, 0.25) is 0 Å². The maximum atomic E-state index is 11.2. The van der Waals surface area contributed by atoms with Crippen molar-refractivity contribution in [1.82, 2.24) is 0 Å². The quantitative estimate of drug-likeness (QED) is 0.748. The molecule has 0 amide bonds. The molecule has 0 atom stereocenters. The molecule has 6 heteroatoms. The number of hydrogen-bond donors (Lipinski definition) is 0. The van der Waals surface area contributed by atoms with Gasteiger partial charge in [-0.15, -0.1) is 0 Å². The van der Waals surface area contributed by atoms with Crippen LogP contribution in [-0.4, -0.2) is 34.4 Å². The van der Waals surface area contributed by atoms with Crippen LogP contribution in [0, 0.1) is 5.92 Å². The van der Waals surface area contributed by atoms with Crippen LogP contribution in [-0.2, 0) is 29.6 Å². The van der Waals surface area contributed by atoms with Gasteiger partial charge >= 0.3 is 9.28 Å². The third-order valence-corrected chi connectivity index (χ3v) is 4.80. The summed E-state index contributed by atoms with van der Waals surface area (Å²) in [6, 6.07) is 7.62. The molecule has 1 heterocycles. The summed E-state index contributed by atoms with van der Waals surface area (Å²) in [6.07, 6.45) is 0.840. The van der Waals surface area contributed by atoms with Crippen LogP contribution < -0.4 is 5.19 Å². The average Bonchev–Trinajstić information content (AvgIpc) is 2.32. The minimum Gasteiger partial charge on any atom is -0.480 e. The van der Waals surface area contributed by atoms with Crippen molar-refractivity contribution in [1.29, 1.82) is 0 Å². The summed E-state index contributed by atoms with van der Waals surface area (Å²) >= 11 is 0. The highest BCUT2D eigenvalue weighted by Crippen LogP contribution is 2.16. The van der Waals surface area contributed by atoms with E-state index in [1.807, 2.05) is 24.3 Å². The molecule has 0 bridgehead atoms. The lowest BCUT2D eigenvalue weighted by Crippen LogP contribution is -2.43. The molecule has 1 aromatic carbocycles. The molecule has 5 nitrogen and oxygen atoms in total. The summed E-state index contributed by atoms with van der Waals surface area (Å²) < 4.78 is 15.6. The number of benzene rings is 1. The Bertz CT molecular complexity index is 482. The van der Waals surface area contributed by atoms with Crippen molar-refractivity contribution in [3.8, 4) is 0 Å². The van der Waals surface area contributed by atoms with Gasteiger partial charge in [0, 0.05) is 25.0 Å². The molecule has 1 radical (unpaired) electrons. The van der Waals surface area contributed by atoms with Crippen molar-refractivity contribution in [3.63, 3.8) is 0 Å². The van der Waals surface area contributed by atoms with Crippen molar-refractivity contribution in [2.45, 2.75) is 20.3 Å². The minimum atomic E-state index is -2.12. The van der Waals surface area contributed by atoms with Gasteiger partial charge in [-0.2, -0.15) is 0 Å². The molecular weight excluding hydrogens is 276 g/mol. The Kier molecular flexibility index (Phi) is 4.92. The van der Waals surface area contributed by atoms with Gasteiger partial charge in [-0.05, 0) is 12.0 Å². The lowest BCUT2D eigenvalue weighted by molar-refractivity contribution is -0.137. The van der Waals surface area contributed by atoms with E-state index in [1.54, 1.807) is 0 Å². The first-order valence-corrected chi connectivity index (χ1v) is 7.77. The van der Waals surface area contributed by atoms with Gasteiger partial charge < -0.3 is 13.6 Å². The van der Waals surface area contributed by atoms with E-state index in [9.17, 15) is 9.59 Å². The predicted octanol–water partition coefficient (Wildman–Crippen LogP) is 0.697. The van der Waals surface area contributed by atoms with E-state index in [1.165, 1.54) is 13.8 Å². The Hall–Kier alpha value is -1.66. The Labute approximate surface area is 119 Å². The summed E-state index contributed by atoms with van der Waals surface area (Å²) in [4.78, 5) is 22.4. The molecule has 1 aliphatic rings. The Morgan fingerprint density at radius 2 is 1.80 bits per heavy atom. The molecule has 1 aliphatic heterocycles. The first kappa shape index (κ1) is 14.7. The minimum absolute atomic E-state index is 0.443. The molecule has 1 aromatic rings. The van der Waals surface area contributed by atoms with Crippen LogP contribution in [0.4, 0.5) is 0 Å². The molecule has 0 N–H and O–H groups in total. The van der Waals surface area contributed by atoms with Crippen molar-refractivity contribution in [3.05, 3.63) is 29.8 Å². The van der Waals surface area contributed by atoms with Crippen LogP contribution >= 0.6 is 0 Å². The fourth-order valence-corrected chi connectivity index (χ4v) is 3.47. The maximum absolute atomic E-state index is 11.2. The fraction of sp³-hybridized carbons (Fsp3) is 0.429. The van der Waals surface area contributed by atoms with Crippen molar-refractivity contribution in [2.24, 2.45) is 5.92 Å². The van der Waals surface area contributed by atoms with Gasteiger partial charge in [-0.25, -0.2) is 0 Å². The lowest BCUT2D eigenvalue weighted by Gasteiger charge is -2.27. The van der Waals surface area contributed by atoms with Crippen LogP contribution in [0.1, 0.15) is 19.4 Å². The second-order valence-electron chi connectivity index (χ2n) is 4.74. The molecule has 0 aliphatic carbocycles. The van der Waals surface area contributed by atoms with Crippen molar-refractivity contribution < 1.29 is 23.2 Å². The van der Waals surface area contributed by atoms with Crippen molar-refractivity contribution in [2.75, 3.05) is 13.2 Å². The largest absolute Gasteiger partial charge is 0.576 e. The predicted molar refractivity (Wildman–Crippen MR) is 73.4 cm³/mol. The molecule has 0 aromatic heterocycles. The zero-order valence-electron chi connectivity index (χ0n) is 11.5. The number of hydrogen-bond acceptors (Lipinski definition) is 5. The van der Waals surface area contributed by atoms with E-state index in [-0.39, 0.29) is 0 Å². The molecule has 0 spiro atoms. The third-order valence-electron chi connectivity index (χ3n) is 2.93. The first-order chi connectivity index (χ1) is 9.56. The topological polar surface area (TPSA) is 61.8 Å². The maximum Gasteiger partial charge on any atom is 0.576 e. The van der Waals surface area contributed by atoms with Crippen molar-refractivity contribution >= 4 is 26.4 Å². The number of rotatable bonds is 5. The Morgan fingerprint density at radius 1 is 1.20 bits per heavy atom. The van der Waals surface area contributed by atoms with Crippen LogP contribution in [0.15, 0.2) is 24.3 Å². The monoisotopic (exact) mass is 293 g/mol. The van der Waals surface area contributed by atoms with E-state index in [4.69, 9.17) is 13.6 Å². The Balaban J connectivity index is 2.21. The second-order valence-corrected chi connectivity index (χ2v) is 6.26. The summed E-state index contributed by atoms with van der Waals surface area (Å²) in [5, 5.41) is 0.815. The van der Waals surface area contributed by atoms with E-state index in [0.717, 1.165) is 30.4 Å². The summed E-state index contributed by atoms with van der Waals surface area (Å²) in [6.45, 7) is 4.13. The van der Waals surface area contributed by atoms with Crippen LogP contribution in [0.25, 0.3) is 0 Å². The number of carbonyl (C=O) groups is 2. The normalized spacial score (nSPS) is 14.8. The molecule has 1 saturated heterocycles. The average molecular weight is 293 g/mol. The summed E-state index contributed by atoms with van der Waals surface area (Å²) in [5.41, 5.74) is 1.05. The van der Waals surface area contributed by atoms with Crippen LogP contribution in [0.3, 0.4) is 0 Å². The first-order valence-electron chi connectivity index (χ1n) is 6.46. The number of ether oxygens (including phenoxy) is 1. The van der Waals surface area contributed by atoms with E-state index >= 15 is 0 Å². The van der Waals surface area contributed by atoms with E-state index in [2.05, 4.69) is 0 Å². The molecule has 1 fully saturated rings.